The number of nitrogens with one attached hydrogen (secondary N) is 2. The Kier molecular flexibility index (Phi) is 6.02. The standard InChI is InChI=1S/C27H42N2O3/c1-7-31-22-10-19(8-9-21(22)32-15-23(30)29-24(2,3)4)14-28-27-13-20-11-25(5,17-27)16-26(6,12-20)18-27/h8-10,20,28H,7,11-18H2,1-6H3,(H,29,30)/t20?,25-,26+,27?. The van der Waals surface area contributed by atoms with E-state index in [1.54, 1.807) is 0 Å². The zero-order valence-corrected chi connectivity index (χ0v) is 20.9. The van der Waals surface area contributed by atoms with Crippen LogP contribution in [-0.2, 0) is 11.3 Å². The molecule has 4 aliphatic rings. The van der Waals surface area contributed by atoms with Gasteiger partial charge in [0, 0.05) is 17.6 Å². The topological polar surface area (TPSA) is 59.6 Å². The second kappa shape index (κ2) is 8.23. The second-order valence-corrected chi connectivity index (χ2v) is 12.6. The Hall–Kier alpha value is -1.75. The molecule has 32 heavy (non-hydrogen) atoms. The average molecular weight is 443 g/mol. The highest BCUT2D eigenvalue weighted by molar-refractivity contribution is 5.78. The lowest BCUT2D eigenvalue weighted by atomic mass is 9.43. The fourth-order valence-corrected chi connectivity index (χ4v) is 7.58. The number of rotatable bonds is 8. The van der Waals surface area contributed by atoms with Crippen molar-refractivity contribution in [3.63, 3.8) is 0 Å². The third kappa shape index (κ3) is 5.24. The van der Waals surface area contributed by atoms with Crippen LogP contribution in [0.5, 0.6) is 11.5 Å². The first-order valence-corrected chi connectivity index (χ1v) is 12.4. The molecule has 5 rings (SSSR count). The minimum absolute atomic E-state index is 0.0173. The molecule has 5 heteroatoms. The summed E-state index contributed by atoms with van der Waals surface area (Å²) in [5.74, 6) is 2.08. The van der Waals surface area contributed by atoms with Crippen LogP contribution >= 0.6 is 0 Å². The van der Waals surface area contributed by atoms with Crippen LogP contribution in [0.15, 0.2) is 18.2 Å². The molecule has 2 unspecified atom stereocenters. The average Bonchev–Trinajstić information content (AvgIpc) is 2.61. The van der Waals surface area contributed by atoms with Crippen LogP contribution in [0.1, 0.15) is 85.6 Å². The molecule has 4 aliphatic carbocycles. The number of hydrogen-bond donors (Lipinski definition) is 2. The lowest BCUT2D eigenvalue weighted by molar-refractivity contribution is -0.124. The Morgan fingerprint density at radius 3 is 2.31 bits per heavy atom. The smallest absolute Gasteiger partial charge is 0.258 e. The summed E-state index contributed by atoms with van der Waals surface area (Å²) < 4.78 is 11.7. The summed E-state index contributed by atoms with van der Waals surface area (Å²) in [5, 5.41) is 6.93. The molecule has 4 fully saturated rings. The van der Waals surface area contributed by atoms with E-state index in [0.717, 1.165) is 12.5 Å². The Bertz CT molecular complexity index is 841. The number of hydrogen-bond acceptors (Lipinski definition) is 4. The van der Waals surface area contributed by atoms with Gasteiger partial charge in [0.25, 0.3) is 5.91 Å². The van der Waals surface area contributed by atoms with Gasteiger partial charge in [0.2, 0.25) is 0 Å². The van der Waals surface area contributed by atoms with E-state index >= 15 is 0 Å². The molecule has 1 amide bonds. The van der Waals surface area contributed by atoms with E-state index in [-0.39, 0.29) is 23.6 Å². The maximum atomic E-state index is 12.1. The summed E-state index contributed by atoms with van der Waals surface area (Å²) in [4.78, 5) is 12.1. The van der Waals surface area contributed by atoms with Crippen LogP contribution in [0, 0.1) is 16.7 Å². The van der Waals surface area contributed by atoms with Crippen molar-refractivity contribution in [2.24, 2.45) is 16.7 Å². The van der Waals surface area contributed by atoms with E-state index in [1.165, 1.54) is 44.1 Å². The van der Waals surface area contributed by atoms with Crippen LogP contribution in [-0.4, -0.2) is 30.2 Å². The molecule has 1 aromatic rings. The van der Waals surface area contributed by atoms with Crippen molar-refractivity contribution >= 4 is 5.91 Å². The number of ether oxygens (including phenoxy) is 2. The predicted octanol–water partition coefficient (Wildman–Crippen LogP) is 5.22. The van der Waals surface area contributed by atoms with Crippen molar-refractivity contribution in [1.82, 2.24) is 10.6 Å². The van der Waals surface area contributed by atoms with E-state index in [1.807, 2.05) is 33.8 Å². The van der Waals surface area contributed by atoms with Gasteiger partial charge >= 0.3 is 0 Å². The molecular weight excluding hydrogens is 400 g/mol. The van der Waals surface area contributed by atoms with Crippen molar-refractivity contribution in [2.45, 2.75) is 97.7 Å². The van der Waals surface area contributed by atoms with Gasteiger partial charge in [-0.25, -0.2) is 0 Å². The summed E-state index contributed by atoms with van der Waals surface area (Å²) in [6.07, 6.45) is 8.14. The first kappa shape index (κ1) is 23.4. The van der Waals surface area contributed by atoms with Crippen molar-refractivity contribution < 1.29 is 14.3 Å². The third-order valence-corrected chi connectivity index (χ3v) is 7.47. The molecule has 0 radical (unpaired) electrons. The molecule has 178 valence electrons. The van der Waals surface area contributed by atoms with E-state index in [0.29, 0.717) is 28.9 Å². The normalized spacial score (nSPS) is 33.2. The Morgan fingerprint density at radius 2 is 1.72 bits per heavy atom. The Labute approximate surface area is 194 Å². The number of amides is 1. The van der Waals surface area contributed by atoms with Crippen molar-refractivity contribution in [3.8, 4) is 11.5 Å². The molecule has 0 heterocycles. The zero-order chi connectivity index (χ0) is 23.2. The maximum Gasteiger partial charge on any atom is 0.258 e. The fourth-order valence-electron chi connectivity index (χ4n) is 7.58. The minimum Gasteiger partial charge on any atom is -0.490 e. The molecule has 0 spiro atoms. The highest BCUT2D eigenvalue weighted by atomic mass is 16.5. The molecule has 4 bridgehead atoms. The number of carbonyl (C=O) groups excluding carboxylic acids is 1. The largest absolute Gasteiger partial charge is 0.490 e. The van der Waals surface area contributed by atoms with Gasteiger partial charge in [-0.3, -0.25) is 4.79 Å². The monoisotopic (exact) mass is 442 g/mol. The van der Waals surface area contributed by atoms with Gasteiger partial charge in [0.15, 0.2) is 18.1 Å². The van der Waals surface area contributed by atoms with Gasteiger partial charge in [-0.05, 0) is 101 Å². The van der Waals surface area contributed by atoms with Gasteiger partial charge < -0.3 is 20.1 Å². The van der Waals surface area contributed by atoms with Gasteiger partial charge in [-0.1, -0.05) is 19.9 Å². The van der Waals surface area contributed by atoms with Crippen LogP contribution in [0.3, 0.4) is 0 Å². The molecule has 4 atom stereocenters. The van der Waals surface area contributed by atoms with Gasteiger partial charge in [-0.2, -0.15) is 0 Å². The lowest BCUT2D eigenvalue weighted by Gasteiger charge is -2.65. The minimum atomic E-state index is -0.274. The SMILES string of the molecule is CCOc1cc(CNC23CC4C[C@@](C)(C2)C[C@](C)(C4)C3)ccc1OCC(=O)NC(C)(C)C. The van der Waals surface area contributed by atoms with Crippen LogP contribution < -0.4 is 20.1 Å². The van der Waals surface area contributed by atoms with E-state index < -0.39 is 0 Å². The van der Waals surface area contributed by atoms with Gasteiger partial charge in [0.05, 0.1) is 6.61 Å². The van der Waals surface area contributed by atoms with Crippen LogP contribution in [0.4, 0.5) is 0 Å². The summed E-state index contributed by atoms with van der Waals surface area (Å²) in [6, 6.07) is 6.10. The summed E-state index contributed by atoms with van der Waals surface area (Å²) in [7, 11) is 0. The molecule has 0 aromatic heterocycles. The molecule has 0 saturated heterocycles. The molecular formula is C27H42N2O3. The van der Waals surface area contributed by atoms with E-state index in [4.69, 9.17) is 9.47 Å². The predicted molar refractivity (Wildman–Crippen MR) is 128 cm³/mol. The maximum absolute atomic E-state index is 12.1. The molecule has 2 N–H and O–H groups in total. The highest BCUT2D eigenvalue weighted by Crippen LogP contribution is 2.66. The first-order valence-electron chi connectivity index (χ1n) is 12.4. The first-order chi connectivity index (χ1) is 14.9. The zero-order valence-electron chi connectivity index (χ0n) is 20.9. The summed E-state index contributed by atoms with van der Waals surface area (Å²) in [5.41, 5.74) is 2.20. The van der Waals surface area contributed by atoms with Crippen LogP contribution in [0.2, 0.25) is 0 Å². The quantitative estimate of drug-likeness (QED) is 0.580. The lowest BCUT2D eigenvalue weighted by Crippen LogP contribution is -2.63. The Balaban J connectivity index is 1.41. The van der Waals surface area contributed by atoms with Gasteiger partial charge in [-0.15, -0.1) is 0 Å². The fraction of sp³-hybridized carbons (Fsp3) is 0.741. The van der Waals surface area contributed by atoms with Gasteiger partial charge in [0.1, 0.15) is 0 Å². The molecule has 0 aliphatic heterocycles. The number of benzene rings is 1. The molecule has 1 aromatic carbocycles. The number of carbonyl (C=O) groups is 1. The second-order valence-electron chi connectivity index (χ2n) is 12.6. The van der Waals surface area contributed by atoms with E-state index in [2.05, 4.69) is 36.6 Å². The van der Waals surface area contributed by atoms with Crippen LogP contribution in [0.25, 0.3) is 0 Å². The van der Waals surface area contributed by atoms with Crippen molar-refractivity contribution in [2.75, 3.05) is 13.2 Å². The third-order valence-electron chi connectivity index (χ3n) is 7.47. The van der Waals surface area contributed by atoms with Crippen molar-refractivity contribution in [1.29, 1.82) is 0 Å². The summed E-state index contributed by atoms with van der Waals surface area (Å²) >= 11 is 0. The molecule has 5 nitrogen and oxygen atoms in total. The highest BCUT2D eigenvalue weighted by Gasteiger charge is 2.59. The van der Waals surface area contributed by atoms with Crippen molar-refractivity contribution in [3.05, 3.63) is 23.8 Å². The Morgan fingerprint density at radius 1 is 1.03 bits per heavy atom. The van der Waals surface area contributed by atoms with E-state index in [9.17, 15) is 4.79 Å². The molecule has 4 saturated carbocycles. The summed E-state index contributed by atoms with van der Waals surface area (Å²) in [6.45, 7) is 14.3.